The molecule has 0 aromatic heterocycles. The Balaban J connectivity index is 2.31. The fourth-order valence-corrected chi connectivity index (χ4v) is 2.75. The van der Waals surface area contributed by atoms with Crippen LogP contribution in [0.15, 0.2) is 29.4 Å². The number of hydrogen-bond acceptors (Lipinski definition) is 4. The quantitative estimate of drug-likeness (QED) is 0.755. The molecule has 3 N–H and O–H groups in total. The maximum absolute atomic E-state index is 8.63. The van der Waals surface area contributed by atoms with Crippen molar-refractivity contribution in [1.82, 2.24) is 5.43 Å². The minimum Gasteiger partial charge on any atom is -0.282 e. The standard InChI is InChI=1S/C9H7IN4/c11-5-6-1-3-7(4-2-6)8-10-9(12)14-13-8/h1-4,14H,12H2. The third-order valence-electron chi connectivity index (χ3n) is 1.70. The largest absolute Gasteiger partial charge is 0.282 e. The van der Waals surface area contributed by atoms with E-state index in [2.05, 4.69) is 16.6 Å². The fraction of sp³-hybridized carbons (Fsp3) is 0. The molecule has 70 valence electrons. The average molecular weight is 298 g/mol. The van der Waals surface area contributed by atoms with E-state index in [-0.39, 0.29) is 20.7 Å². The van der Waals surface area contributed by atoms with Crippen molar-refractivity contribution in [3.05, 3.63) is 35.4 Å². The van der Waals surface area contributed by atoms with E-state index >= 15 is 0 Å². The van der Waals surface area contributed by atoms with Crippen LogP contribution in [0.25, 0.3) is 0 Å². The molecule has 0 spiro atoms. The van der Waals surface area contributed by atoms with E-state index in [0.717, 1.165) is 13.0 Å². The molecule has 0 aliphatic carbocycles. The second kappa shape index (κ2) is 3.86. The summed E-state index contributed by atoms with van der Waals surface area (Å²) in [7, 11) is 0. The summed E-state index contributed by atoms with van der Waals surface area (Å²) in [4.78, 5) is 0. The lowest BCUT2D eigenvalue weighted by atomic mass is 10.2. The van der Waals surface area contributed by atoms with Crippen molar-refractivity contribution in [2.24, 2.45) is 10.8 Å². The van der Waals surface area contributed by atoms with E-state index in [1.54, 1.807) is 12.1 Å². The third-order valence-corrected chi connectivity index (χ3v) is 3.90. The SMILES string of the molecule is N#Cc1ccc(C2=NNC(N)=I2)cc1. The first-order valence-electron chi connectivity index (χ1n) is 3.91. The fourth-order valence-electron chi connectivity index (χ4n) is 1.04. The van der Waals surface area contributed by atoms with Gasteiger partial charge < -0.3 is 0 Å². The Morgan fingerprint density at radius 3 is 2.57 bits per heavy atom. The van der Waals surface area contributed by atoms with Gasteiger partial charge in [-0.25, -0.2) is 0 Å². The molecule has 0 atom stereocenters. The van der Waals surface area contributed by atoms with E-state index in [4.69, 9.17) is 11.0 Å². The van der Waals surface area contributed by atoms with Crippen LogP contribution in [-0.2, 0) is 0 Å². The van der Waals surface area contributed by atoms with Crippen LogP contribution in [0.4, 0.5) is 0 Å². The first-order valence-corrected chi connectivity index (χ1v) is 6.07. The van der Waals surface area contributed by atoms with Crippen LogP contribution < -0.4 is 11.2 Å². The molecule has 0 radical (unpaired) electrons. The summed E-state index contributed by atoms with van der Waals surface area (Å²) in [6.45, 7) is 0. The summed E-state index contributed by atoms with van der Waals surface area (Å²) < 4.78 is 1.79. The molecular formula is C9H7IN4. The number of hydrogen-bond donors (Lipinski definition) is 2. The predicted octanol–water partition coefficient (Wildman–Crippen LogP) is 0.840. The molecule has 1 aliphatic heterocycles. The number of rotatable bonds is 1. The summed E-state index contributed by atoms with van der Waals surface area (Å²) in [6, 6.07) is 9.45. The van der Waals surface area contributed by atoms with Gasteiger partial charge in [0.2, 0.25) is 0 Å². The molecule has 1 aliphatic rings. The molecular weight excluding hydrogens is 291 g/mol. The van der Waals surface area contributed by atoms with Crippen molar-refractivity contribution < 1.29 is 0 Å². The van der Waals surface area contributed by atoms with Gasteiger partial charge in [0.15, 0.2) is 0 Å². The third kappa shape index (κ3) is 1.81. The smallest absolute Gasteiger partial charge is 0.131 e. The Hall–Kier alpha value is -1.26. The molecule has 0 amide bonds. The van der Waals surface area contributed by atoms with E-state index in [9.17, 15) is 0 Å². The van der Waals surface area contributed by atoms with Crippen LogP contribution in [0, 0.1) is 11.3 Å². The number of nitrogens with zero attached hydrogens (tertiary/aromatic N) is 2. The second-order valence-corrected chi connectivity index (χ2v) is 5.37. The van der Waals surface area contributed by atoms with E-state index in [0.29, 0.717) is 5.56 Å². The molecule has 0 unspecified atom stereocenters. The summed E-state index contributed by atoms with van der Waals surface area (Å²) in [5.41, 5.74) is 10.1. The molecule has 1 heterocycles. The molecule has 5 heteroatoms. The van der Waals surface area contributed by atoms with Crippen LogP contribution in [0.1, 0.15) is 11.1 Å². The lowest BCUT2D eigenvalue weighted by molar-refractivity contribution is 1.05. The van der Waals surface area contributed by atoms with Crippen molar-refractivity contribution in [3.8, 4) is 6.07 Å². The molecule has 0 saturated heterocycles. The first-order chi connectivity index (χ1) is 6.79. The van der Waals surface area contributed by atoms with Gasteiger partial charge in [0.05, 0.1) is 11.6 Å². The highest BCUT2D eigenvalue weighted by Crippen LogP contribution is 2.16. The number of benzene rings is 1. The summed E-state index contributed by atoms with van der Waals surface area (Å²) in [5.74, 6) is 0. The van der Waals surface area contributed by atoms with Crippen LogP contribution in [-0.4, -0.2) is 7.48 Å². The van der Waals surface area contributed by atoms with Crippen molar-refractivity contribution in [1.29, 1.82) is 5.26 Å². The van der Waals surface area contributed by atoms with E-state index in [1.807, 2.05) is 12.1 Å². The van der Waals surface area contributed by atoms with Gasteiger partial charge in [-0.05, 0) is 32.9 Å². The number of nitrogens with two attached hydrogens (primary N) is 1. The zero-order valence-corrected chi connectivity index (χ0v) is 9.32. The lowest BCUT2D eigenvalue weighted by Crippen LogP contribution is -2.21. The zero-order chi connectivity index (χ0) is 9.97. The van der Waals surface area contributed by atoms with Crippen LogP contribution in [0.2, 0.25) is 0 Å². The minimum atomic E-state index is -0.329. The molecule has 2 rings (SSSR count). The van der Waals surface area contributed by atoms with Gasteiger partial charge in [0, 0.05) is 5.56 Å². The number of hydrazone groups is 1. The maximum atomic E-state index is 8.63. The van der Waals surface area contributed by atoms with Crippen molar-refractivity contribution in [2.75, 3.05) is 0 Å². The zero-order valence-electron chi connectivity index (χ0n) is 7.16. The lowest BCUT2D eigenvalue weighted by Gasteiger charge is -1.95. The summed E-state index contributed by atoms with van der Waals surface area (Å²) in [5, 5.41) is 12.7. The summed E-state index contributed by atoms with van der Waals surface area (Å²) >= 11 is -0.329. The Morgan fingerprint density at radius 1 is 1.36 bits per heavy atom. The highest BCUT2D eigenvalue weighted by atomic mass is 127. The molecule has 0 bridgehead atoms. The number of nitrogens with one attached hydrogen (secondary N) is 1. The van der Waals surface area contributed by atoms with Crippen LogP contribution >= 0.6 is 20.7 Å². The molecule has 14 heavy (non-hydrogen) atoms. The molecule has 0 fully saturated rings. The van der Waals surface area contributed by atoms with E-state index < -0.39 is 0 Å². The van der Waals surface area contributed by atoms with Gasteiger partial charge in [-0.15, -0.1) is 0 Å². The van der Waals surface area contributed by atoms with Gasteiger partial charge in [0.25, 0.3) is 0 Å². The molecule has 1 aromatic carbocycles. The Kier molecular flexibility index (Phi) is 2.56. The normalized spacial score (nSPS) is 14.6. The van der Waals surface area contributed by atoms with Gasteiger partial charge in [0.1, 0.15) is 7.48 Å². The topological polar surface area (TPSA) is 74.2 Å². The maximum Gasteiger partial charge on any atom is 0.131 e. The van der Waals surface area contributed by atoms with Crippen molar-refractivity contribution in [3.63, 3.8) is 0 Å². The summed E-state index contributed by atoms with van der Waals surface area (Å²) in [6.07, 6.45) is 0. The first kappa shape index (κ1) is 9.30. The average Bonchev–Trinajstić information content (AvgIpc) is 2.65. The van der Waals surface area contributed by atoms with Gasteiger partial charge in [-0.1, -0.05) is 12.1 Å². The Labute approximate surface area is 91.2 Å². The molecule has 1 aromatic rings. The van der Waals surface area contributed by atoms with Crippen LogP contribution in [0.5, 0.6) is 0 Å². The highest BCUT2D eigenvalue weighted by molar-refractivity contribution is 14.2. The highest BCUT2D eigenvalue weighted by Gasteiger charge is 2.07. The molecule has 0 saturated carbocycles. The van der Waals surface area contributed by atoms with Gasteiger partial charge >= 0.3 is 0 Å². The molecule has 4 nitrogen and oxygen atoms in total. The van der Waals surface area contributed by atoms with Crippen molar-refractivity contribution >= 4 is 28.2 Å². The Bertz CT molecular complexity index is 453. The predicted molar refractivity (Wildman–Crippen MR) is 64.0 cm³/mol. The van der Waals surface area contributed by atoms with E-state index in [1.165, 1.54) is 0 Å². The second-order valence-electron chi connectivity index (χ2n) is 2.65. The minimum absolute atomic E-state index is 0.329. The van der Waals surface area contributed by atoms with Gasteiger partial charge in [-0.3, -0.25) is 11.2 Å². The van der Waals surface area contributed by atoms with Crippen LogP contribution in [0.3, 0.4) is 0 Å². The monoisotopic (exact) mass is 298 g/mol. The van der Waals surface area contributed by atoms with Gasteiger partial charge in [-0.2, -0.15) is 10.4 Å². The number of nitriles is 1. The number of halogens is 1. The van der Waals surface area contributed by atoms with Crippen molar-refractivity contribution in [2.45, 2.75) is 0 Å². The Morgan fingerprint density at radius 2 is 2.07 bits per heavy atom.